The molecule has 2 heteroatoms. The Morgan fingerprint density at radius 1 is 1.46 bits per heavy atom. The first-order chi connectivity index (χ1) is 6.29. The van der Waals surface area contributed by atoms with Crippen molar-refractivity contribution in [1.82, 2.24) is 4.90 Å². The number of piperidine rings is 1. The van der Waals surface area contributed by atoms with Crippen molar-refractivity contribution in [2.45, 2.75) is 45.1 Å². The Labute approximate surface area is 81.9 Å². The fourth-order valence-electron chi connectivity index (χ4n) is 2.53. The van der Waals surface area contributed by atoms with E-state index in [1.54, 1.807) is 0 Å². The number of likely N-dealkylation sites (tertiary alicyclic amines) is 1. The van der Waals surface area contributed by atoms with E-state index in [1.165, 1.54) is 32.2 Å². The summed E-state index contributed by atoms with van der Waals surface area (Å²) < 4.78 is 0. The highest BCUT2D eigenvalue weighted by atomic mass is 16.3. The summed E-state index contributed by atoms with van der Waals surface area (Å²) >= 11 is 0. The molecule has 0 saturated carbocycles. The molecule has 0 spiro atoms. The maximum absolute atomic E-state index is 8.97. The standard InChI is InChI=1S/C11H23NO/c1-3-10(7-9-13)11-6-4-5-8-12(11)2/h10-11,13H,3-9H2,1-2H3. The molecule has 1 N–H and O–H groups in total. The quantitative estimate of drug-likeness (QED) is 0.723. The summed E-state index contributed by atoms with van der Waals surface area (Å²) in [6, 6.07) is 0.728. The van der Waals surface area contributed by atoms with E-state index in [9.17, 15) is 0 Å². The Kier molecular flexibility index (Phi) is 4.74. The lowest BCUT2D eigenvalue weighted by Gasteiger charge is -2.37. The molecule has 0 aromatic heterocycles. The van der Waals surface area contributed by atoms with E-state index in [0.717, 1.165) is 12.5 Å². The van der Waals surface area contributed by atoms with Crippen LogP contribution in [0.5, 0.6) is 0 Å². The van der Waals surface area contributed by atoms with E-state index in [1.807, 2.05) is 0 Å². The van der Waals surface area contributed by atoms with Crippen molar-refractivity contribution in [3.8, 4) is 0 Å². The first kappa shape index (κ1) is 11.0. The molecule has 1 aliphatic heterocycles. The van der Waals surface area contributed by atoms with Gasteiger partial charge in [0, 0.05) is 12.6 Å². The lowest BCUT2D eigenvalue weighted by molar-refractivity contribution is 0.107. The maximum Gasteiger partial charge on any atom is 0.0434 e. The van der Waals surface area contributed by atoms with Crippen LogP contribution in [-0.4, -0.2) is 36.2 Å². The van der Waals surface area contributed by atoms with Gasteiger partial charge < -0.3 is 10.0 Å². The van der Waals surface area contributed by atoms with Gasteiger partial charge in [0.1, 0.15) is 0 Å². The largest absolute Gasteiger partial charge is 0.396 e. The van der Waals surface area contributed by atoms with Crippen molar-refractivity contribution in [1.29, 1.82) is 0 Å². The SMILES string of the molecule is CCC(CCO)C1CCCCN1C. The lowest BCUT2D eigenvalue weighted by Crippen LogP contribution is -2.41. The Morgan fingerprint density at radius 2 is 2.23 bits per heavy atom. The number of hydrogen-bond acceptors (Lipinski definition) is 2. The summed E-state index contributed by atoms with van der Waals surface area (Å²) in [7, 11) is 2.23. The highest BCUT2D eigenvalue weighted by Crippen LogP contribution is 2.25. The number of nitrogens with zero attached hydrogens (tertiary/aromatic N) is 1. The zero-order chi connectivity index (χ0) is 9.68. The molecule has 13 heavy (non-hydrogen) atoms. The lowest BCUT2D eigenvalue weighted by atomic mass is 9.87. The topological polar surface area (TPSA) is 23.5 Å². The van der Waals surface area contributed by atoms with Crippen molar-refractivity contribution in [2.75, 3.05) is 20.2 Å². The van der Waals surface area contributed by atoms with Crippen LogP contribution in [-0.2, 0) is 0 Å². The molecule has 0 aromatic rings. The summed E-state index contributed by atoms with van der Waals surface area (Å²) in [5.74, 6) is 0.704. The van der Waals surface area contributed by atoms with Crippen molar-refractivity contribution < 1.29 is 5.11 Å². The molecule has 1 rings (SSSR count). The summed E-state index contributed by atoms with van der Waals surface area (Å²) in [5, 5.41) is 8.97. The third-order valence-electron chi connectivity index (χ3n) is 3.40. The van der Waals surface area contributed by atoms with E-state index in [-0.39, 0.29) is 0 Å². The molecule has 2 unspecified atom stereocenters. The third-order valence-corrected chi connectivity index (χ3v) is 3.40. The van der Waals surface area contributed by atoms with E-state index < -0.39 is 0 Å². The average molecular weight is 185 g/mol. The zero-order valence-corrected chi connectivity index (χ0v) is 9.00. The molecular weight excluding hydrogens is 162 g/mol. The van der Waals surface area contributed by atoms with Crippen LogP contribution in [0.1, 0.15) is 39.0 Å². The number of aliphatic hydroxyl groups is 1. The molecule has 1 aliphatic rings. The second kappa shape index (κ2) is 5.61. The molecule has 2 nitrogen and oxygen atoms in total. The molecule has 78 valence electrons. The summed E-state index contributed by atoms with van der Waals surface area (Å²) in [6.07, 6.45) is 6.23. The fourth-order valence-corrected chi connectivity index (χ4v) is 2.53. The molecular formula is C11H23NO. The van der Waals surface area contributed by atoms with Crippen LogP contribution in [0.2, 0.25) is 0 Å². The second-order valence-corrected chi connectivity index (χ2v) is 4.22. The van der Waals surface area contributed by atoms with Crippen molar-refractivity contribution in [3.05, 3.63) is 0 Å². The highest BCUT2D eigenvalue weighted by Gasteiger charge is 2.25. The van der Waals surface area contributed by atoms with Gasteiger partial charge in [-0.3, -0.25) is 0 Å². The van der Waals surface area contributed by atoms with E-state index >= 15 is 0 Å². The maximum atomic E-state index is 8.97. The van der Waals surface area contributed by atoms with E-state index in [0.29, 0.717) is 12.5 Å². The van der Waals surface area contributed by atoms with Crippen LogP contribution in [0.15, 0.2) is 0 Å². The number of rotatable bonds is 4. The van der Waals surface area contributed by atoms with Gasteiger partial charge >= 0.3 is 0 Å². The first-order valence-corrected chi connectivity index (χ1v) is 5.60. The minimum Gasteiger partial charge on any atom is -0.396 e. The summed E-state index contributed by atoms with van der Waals surface area (Å²) in [6.45, 7) is 3.83. The molecule has 2 atom stereocenters. The van der Waals surface area contributed by atoms with Crippen LogP contribution < -0.4 is 0 Å². The molecule has 1 saturated heterocycles. The minimum absolute atomic E-state index is 0.350. The van der Waals surface area contributed by atoms with Crippen LogP contribution in [0.25, 0.3) is 0 Å². The molecule has 0 bridgehead atoms. The van der Waals surface area contributed by atoms with Gasteiger partial charge in [-0.2, -0.15) is 0 Å². The van der Waals surface area contributed by atoms with Gasteiger partial charge in [-0.15, -0.1) is 0 Å². The van der Waals surface area contributed by atoms with Gasteiger partial charge in [-0.1, -0.05) is 19.8 Å². The Morgan fingerprint density at radius 3 is 2.77 bits per heavy atom. The van der Waals surface area contributed by atoms with Crippen LogP contribution >= 0.6 is 0 Å². The number of hydrogen-bond donors (Lipinski definition) is 1. The first-order valence-electron chi connectivity index (χ1n) is 5.60. The van der Waals surface area contributed by atoms with Crippen LogP contribution in [0.3, 0.4) is 0 Å². The van der Waals surface area contributed by atoms with Crippen LogP contribution in [0.4, 0.5) is 0 Å². The highest BCUT2D eigenvalue weighted by molar-refractivity contribution is 4.80. The molecule has 0 aromatic carbocycles. The molecule has 1 heterocycles. The predicted octanol–water partition coefficient (Wildman–Crippen LogP) is 1.88. The van der Waals surface area contributed by atoms with Gasteiger partial charge in [0.05, 0.1) is 0 Å². The molecule has 0 radical (unpaired) electrons. The normalized spacial score (nSPS) is 27.5. The van der Waals surface area contributed by atoms with E-state index in [4.69, 9.17) is 5.11 Å². The predicted molar refractivity (Wildman–Crippen MR) is 55.8 cm³/mol. The summed E-state index contributed by atoms with van der Waals surface area (Å²) in [5.41, 5.74) is 0. The molecule has 0 aliphatic carbocycles. The molecule has 0 amide bonds. The fraction of sp³-hybridized carbons (Fsp3) is 1.00. The van der Waals surface area contributed by atoms with Gasteiger partial charge in [-0.25, -0.2) is 0 Å². The van der Waals surface area contributed by atoms with Crippen molar-refractivity contribution >= 4 is 0 Å². The van der Waals surface area contributed by atoms with Gasteiger partial charge in [0.15, 0.2) is 0 Å². The Balaban J connectivity index is 2.44. The number of aliphatic hydroxyl groups excluding tert-OH is 1. The van der Waals surface area contributed by atoms with E-state index in [2.05, 4.69) is 18.9 Å². The smallest absolute Gasteiger partial charge is 0.0434 e. The summed E-state index contributed by atoms with van der Waals surface area (Å²) in [4.78, 5) is 2.48. The van der Waals surface area contributed by atoms with Gasteiger partial charge in [-0.05, 0) is 38.8 Å². The molecule has 1 fully saturated rings. The Hall–Kier alpha value is -0.0800. The zero-order valence-electron chi connectivity index (χ0n) is 9.00. The minimum atomic E-state index is 0.350. The average Bonchev–Trinajstić information content (AvgIpc) is 2.16. The van der Waals surface area contributed by atoms with Gasteiger partial charge in [0.2, 0.25) is 0 Å². The third kappa shape index (κ3) is 2.96. The van der Waals surface area contributed by atoms with Gasteiger partial charge in [0.25, 0.3) is 0 Å². The van der Waals surface area contributed by atoms with Crippen molar-refractivity contribution in [3.63, 3.8) is 0 Å². The Bertz CT molecular complexity index is 138. The second-order valence-electron chi connectivity index (χ2n) is 4.22. The van der Waals surface area contributed by atoms with Crippen LogP contribution in [0, 0.1) is 5.92 Å². The monoisotopic (exact) mass is 185 g/mol. The van der Waals surface area contributed by atoms with Crippen molar-refractivity contribution in [2.24, 2.45) is 5.92 Å².